The average Bonchev–Trinajstić information content (AvgIpc) is 2.38. The van der Waals surface area contributed by atoms with Crippen molar-refractivity contribution in [2.75, 3.05) is 0 Å². The van der Waals surface area contributed by atoms with Crippen molar-refractivity contribution in [3.63, 3.8) is 0 Å². The van der Waals surface area contributed by atoms with Crippen molar-refractivity contribution in [1.29, 1.82) is 0 Å². The van der Waals surface area contributed by atoms with E-state index in [1.54, 1.807) is 0 Å². The third-order valence-electron chi connectivity index (χ3n) is 3.43. The van der Waals surface area contributed by atoms with Crippen molar-refractivity contribution in [2.24, 2.45) is 11.7 Å². The quantitative estimate of drug-likeness (QED) is 0.816. The summed E-state index contributed by atoms with van der Waals surface area (Å²) in [5.41, 5.74) is 8.07. The van der Waals surface area contributed by atoms with Gasteiger partial charge in [0.2, 0.25) is 0 Å². The predicted molar refractivity (Wildman–Crippen MR) is 69.9 cm³/mol. The van der Waals surface area contributed by atoms with E-state index in [1.165, 1.54) is 43.2 Å². The molecule has 0 aromatic heterocycles. The number of benzene rings is 1. The molecule has 16 heavy (non-hydrogen) atoms. The Kier molecular flexibility index (Phi) is 4.17. The smallest absolute Gasteiger partial charge is 0.0178 e. The summed E-state index contributed by atoms with van der Waals surface area (Å²) >= 11 is 0. The first kappa shape index (κ1) is 11.4. The van der Waals surface area contributed by atoms with Crippen molar-refractivity contribution in [3.8, 4) is 0 Å². The molecule has 86 valence electrons. The van der Waals surface area contributed by atoms with Gasteiger partial charge in [-0.2, -0.15) is 0 Å². The van der Waals surface area contributed by atoms with Crippen molar-refractivity contribution in [3.05, 3.63) is 41.5 Å². The fraction of sp³-hybridized carbons (Fsp3) is 0.467. The molecular formula is C15H21N. The Hall–Kier alpha value is -1.08. The van der Waals surface area contributed by atoms with Crippen molar-refractivity contribution >= 4 is 6.08 Å². The summed E-state index contributed by atoms with van der Waals surface area (Å²) in [6.45, 7) is 0.632. The van der Waals surface area contributed by atoms with Gasteiger partial charge in [0.15, 0.2) is 0 Å². The van der Waals surface area contributed by atoms with E-state index >= 15 is 0 Å². The first-order chi connectivity index (χ1) is 7.88. The molecule has 1 aromatic carbocycles. The zero-order valence-electron chi connectivity index (χ0n) is 9.86. The highest BCUT2D eigenvalue weighted by Crippen LogP contribution is 2.25. The van der Waals surface area contributed by atoms with Crippen LogP contribution in [0, 0.1) is 5.92 Å². The van der Waals surface area contributed by atoms with Crippen LogP contribution < -0.4 is 5.73 Å². The van der Waals surface area contributed by atoms with Crippen LogP contribution in [-0.2, 0) is 6.54 Å². The van der Waals surface area contributed by atoms with Crippen LogP contribution in [0.3, 0.4) is 0 Å². The summed E-state index contributed by atoms with van der Waals surface area (Å²) in [6, 6.07) is 8.53. The first-order valence-electron chi connectivity index (χ1n) is 6.36. The van der Waals surface area contributed by atoms with E-state index in [0.29, 0.717) is 6.54 Å². The maximum atomic E-state index is 5.57. The summed E-state index contributed by atoms with van der Waals surface area (Å²) in [6.07, 6.45) is 11.6. The van der Waals surface area contributed by atoms with E-state index in [9.17, 15) is 0 Å². The average molecular weight is 215 g/mol. The monoisotopic (exact) mass is 215 g/mol. The molecule has 1 aliphatic carbocycles. The normalized spacial score (nSPS) is 18.1. The summed E-state index contributed by atoms with van der Waals surface area (Å²) < 4.78 is 0. The highest BCUT2D eigenvalue weighted by atomic mass is 14.5. The van der Waals surface area contributed by atoms with E-state index in [1.807, 2.05) is 0 Å². The van der Waals surface area contributed by atoms with Crippen molar-refractivity contribution < 1.29 is 0 Å². The molecule has 0 unspecified atom stereocenters. The van der Waals surface area contributed by atoms with Crippen molar-refractivity contribution in [1.82, 2.24) is 0 Å². The Morgan fingerprint density at radius 2 is 1.75 bits per heavy atom. The lowest BCUT2D eigenvalue weighted by atomic mass is 9.89. The molecule has 2 N–H and O–H groups in total. The number of hydrogen-bond donors (Lipinski definition) is 1. The number of rotatable bonds is 3. The standard InChI is InChI=1S/C15H21N/c16-12-15-10-8-14(9-11-15)7-6-13-4-2-1-3-5-13/h6-11,13H,1-5,12,16H2/b7-6-. The fourth-order valence-electron chi connectivity index (χ4n) is 2.34. The van der Waals surface area contributed by atoms with E-state index in [4.69, 9.17) is 5.73 Å². The Balaban J connectivity index is 1.94. The largest absolute Gasteiger partial charge is 0.326 e. The second-order valence-electron chi connectivity index (χ2n) is 4.70. The Morgan fingerprint density at radius 3 is 2.38 bits per heavy atom. The number of nitrogens with two attached hydrogens (primary N) is 1. The van der Waals surface area contributed by atoms with E-state index in [0.717, 1.165) is 5.92 Å². The lowest BCUT2D eigenvalue weighted by Crippen LogP contribution is -2.02. The van der Waals surface area contributed by atoms with Crippen LogP contribution in [0.4, 0.5) is 0 Å². The van der Waals surface area contributed by atoms with Gasteiger partial charge in [-0.05, 0) is 29.9 Å². The lowest BCUT2D eigenvalue weighted by molar-refractivity contribution is 0.420. The van der Waals surface area contributed by atoms with Crippen LogP contribution in [-0.4, -0.2) is 0 Å². The highest BCUT2D eigenvalue weighted by molar-refractivity contribution is 5.49. The molecule has 1 aliphatic rings. The zero-order chi connectivity index (χ0) is 11.2. The van der Waals surface area contributed by atoms with E-state index in [2.05, 4.69) is 36.4 Å². The molecule has 1 nitrogen and oxygen atoms in total. The van der Waals surface area contributed by atoms with Crippen molar-refractivity contribution in [2.45, 2.75) is 38.6 Å². The third kappa shape index (κ3) is 3.21. The molecule has 0 saturated heterocycles. The lowest BCUT2D eigenvalue weighted by Gasteiger charge is -2.17. The highest BCUT2D eigenvalue weighted by Gasteiger charge is 2.09. The molecule has 1 heteroatoms. The molecule has 0 aliphatic heterocycles. The Bertz CT molecular complexity index is 331. The summed E-state index contributed by atoms with van der Waals surface area (Å²) in [4.78, 5) is 0. The molecule has 0 amide bonds. The van der Waals surface area contributed by atoms with Crippen LogP contribution in [0.5, 0.6) is 0 Å². The van der Waals surface area contributed by atoms with Gasteiger partial charge in [0.1, 0.15) is 0 Å². The molecule has 1 saturated carbocycles. The molecule has 0 heterocycles. The van der Waals surface area contributed by atoms with Crippen LogP contribution in [0.25, 0.3) is 6.08 Å². The van der Waals surface area contributed by atoms with Gasteiger partial charge < -0.3 is 5.73 Å². The van der Waals surface area contributed by atoms with Gasteiger partial charge in [-0.3, -0.25) is 0 Å². The van der Waals surface area contributed by atoms with Gasteiger partial charge in [0.25, 0.3) is 0 Å². The molecule has 2 rings (SSSR count). The predicted octanol–water partition coefficient (Wildman–Crippen LogP) is 3.74. The van der Waals surface area contributed by atoms with Gasteiger partial charge in [-0.25, -0.2) is 0 Å². The second kappa shape index (κ2) is 5.86. The molecular weight excluding hydrogens is 194 g/mol. The summed E-state index contributed by atoms with van der Waals surface area (Å²) in [5.74, 6) is 0.808. The molecule has 0 radical (unpaired) electrons. The van der Waals surface area contributed by atoms with E-state index in [-0.39, 0.29) is 0 Å². The molecule has 0 bridgehead atoms. The van der Waals surface area contributed by atoms with E-state index < -0.39 is 0 Å². The molecule has 0 spiro atoms. The van der Waals surface area contributed by atoms with Gasteiger partial charge in [-0.15, -0.1) is 0 Å². The van der Waals surface area contributed by atoms with Gasteiger partial charge in [0, 0.05) is 6.54 Å². The first-order valence-corrected chi connectivity index (χ1v) is 6.36. The second-order valence-corrected chi connectivity index (χ2v) is 4.70. The third-order valence-corrected chi connectivity index (χ3v) is 3.43. The minimum Gasteiger partial charge on any atom is -0.326 e. The van der Waals surface area contributed by atoms with Crippen LogP contribution >= 0.6 is 0 Å². The Morgan fingerprint density at radius 1 is 1.06 bits per heavy atom. The number of allylic oxidation sites excluding steroid dienone is 1. The van der Waals surface area contributed by atoms with Crippen LogP contribution in [0.2, 0.25) is 0 Å². The molecule has 1 fully saturated rings. The summed E-state index contributed by atoms with van der Waals surface area (Å²) in [5, 5.41) is 0. The fourth-order valence-corrected chi connectivity index (χ4v) is 2.34. The minimum atomic E-state index is 0.632. The summed E-state index contributed by atoms with van der Waals surface area (Å²) in [7, 11) is 0. The number of hydrogen-bond acceptors (Lipinski definition) is 1. The topological polar surface area (TPSA) is 26.0 Å². The minimum absolute atomic E-state index is 0.632. The van der Waals surface area contributed by atoms with Gasteiger partial charge in [0.05, 0.1) is 0 Å². The SMILES string of the molecule is NCc1ccc(/C=C\C2CCCCC2)cc1. The van der Waals surface area contributed by atoms with Crippen LogP contribution in [0.15, 0.2) is 30.3 Å². The van der Waals surface area contributed by atoms with Gasteiger partial charge >= 0.3 is 0 Å². The maximum absolute atomic E-state index is 5.57. The molecule has 0 atom stereocenters. The zero-order valence-corrected chi connectivity index (χ0v) is 9.86. The Labute approximate surface area is 98.4 Å². The maximum Gasteiger partial charge on any atom is 0.0178 e. The molecule has 1 aromatic rings. The van der Waals surface area contributed by atoms with Crippen LogP contribution in [0.1, 0.15) is 43.2 Å². The van der Waals surface area contributed by atoms with Gasteiger partial charge in [-0.1, -0.05) is 55.7 Å².